The molecule has 1 saturated heterocycles. The van der Waals surface area contributed by atoms with E-state index in [4.69, 9.17) is 4.74 Å². The molecule has 1 aromatic heterocycles. The zero-order valence-corrected chi connectivity index (χ0v) is 13.8. The fourth-order valence-electron chi connectivity index (χ4n) is 2.37. The van der Waals surface area contributed by atoms with Gasteiger partial charge in [-0.05, 0) is 27.7 Å². The van der Waals surface area contributed by atoms with Gasteiger partial charge in [0.2, 0.25) is 5.95 Å². The molecule has 0 bridgehead atoms. The average Bonchev–Trinajstić information content (AvgIpc) is 2.46. The molecule has 1 N–H and O–H groups in total. The van der Waals surface area contributed by atoms with Gasteiger partial charge < -0.3 is 19.9 Å². The third kappa shape index (κ3) is 4.22. The van der Waals surface area contributed by atoms with E-state index < -0.39 is 0 Å². The molecule has 7 heteroatoms. The van der Waals surface area contributed by atoms with Gasteiger partial charge in [0.1, 0.15) is 5.82 Å². The fourth-order valence-corrected chi connectivity index (χ4v) is 2.37. The highest BCUT2D eigenvalue weighted by atomic mass is 16.6. The lowest BCUT2D eigenvalue weighted by atomic mass is 10.3. The Labute approximate surface area is 131 Å². The van der Waals surface area contributed by atoms with E-state index in [2.05, 4.69) is 34.0 Å². The molecule has 0 unspecified atom stereocenters. The summed E-state index contributed by atoms with van der Waals surface area (Å²) in [6.07, 6.45) is -0.233. The summed E-state index contributed by atoms with van der Waals surface area (Å²) >= 11 is 0. The Morgan fingerprint density at radius 3 is 2.59 bits per heavy atom. The lowest BCUT2D eigenvalue weighted by Crippen LogP contribution is -2.49. The van der Waals surface area contributed by atoms with Crippen LogP contribution in [0.1, 0.15) is 26.5 Å². The molecule has 1 fully saturated rings. The van der Waals surface area contributed by atoms with Crippen LogP contribution in [-0.2, 0) is 4.74 Å². The molecule has 0 saturated carbocycles. The number of carbonyl (C=O) groups is 1. The number of hydrogen-bond acceptors (Lipinski definition) is 6. The zero-order chi connectivity index (χ0) is 16.1. The third-order valence-corrected chi connectivity index (χ3v) is 3.39. The van der Waals surface area contributed by atoms with Crippen LogP contribution in [0, 0.1) is 6.92 Å². The van der Waals surface area contributed by atoms with E-state index in [-0.39, 0.29) is 12.1 Å². The molecule has 0 spiro atoms. The maximum atomic E-state index is 11.7. The van der Waals surface area contributed by atoms with Crippen molar-refractivity contribution >= 4 is 17.9 Å². The number of hydrogen-bond donors (Lipinski definition) is 1. The van der Waals surface area contributed by atoms with Gasteiger partial charge in [-0.15, -0.1) is 0 Å². The normalized spacial score (nSPS) is 15.1. The van der Waals surface area contributed by atoms with Crippen molar-refractivity contribution in [3.8, 4) is 0 Å². The van der Waals surface area contributed by atoms with E-state index in [0.717, 1.165) is 24.6 Å². The van der Waals surface area contributed by atoms with Crippen molar-refractivity contribution in [1.29, 1.82) is 0 Å². The van der Waals surface area contributed by atoms with Gasteiger partial charge in [0.05, 0.1) is 6.61 Å². The maximum Gasteiger partial charge on any atom is 0.409 e. The highest BCUT2D eigenvalue weighted by molar-refractivity contribution is 5.68. The molecular formula is C15H25N5O2. The van der Waals surface area contributed by atoms with Gasteiger partial charge in [-0.1, -0.05) is 0 Å². The second-order valence-electron chi connectivity index (χ2n) is 5.66. The molecule has 1 amide bonds. The standard InChI is InChI=1S/C15H25N5O2/c1-5-22-15(21)20-8-6-19(7-9-20)13-10-12(4)17-14(18-13)16-11(2)3/h10-11H,5-9H2,1-4H3,(H,16,17,18). The number of nitrogens with one attached hydrogen (secondary N) is 1. The van der Waals surface area contributed by atoms with E-state index in [1.54, 1.807) is 4.90 Å². The van der Waals surface area contributed by atoms with Crippen LogP contribution in [0.2, 0.25) is 0 Å². The van der Waals surface area contributed by atoms with Gasteiger partial charge >= 0.3 is 6.09 Å². The zero-order valence-electron chi connectivity index (χ0n) is 13.8. The van der Waals surface area contributed by atoms with Crippen molar-refractivity contribution < 1.29 is 9.53 Å². The van der Waals surface area contributed by atoms with Gasteiger partial charge in [0.25, 0.3) is 0 Å². The smallest absolute Gasteiger partial charge is 0.409 e. The van der Waals surface area contributed by atoms with Crippen LogP contribution >= 0.6 is 0 Å². The number of amides is 1. The summed E-state index contributed by atoms with van der Waals surface area (Å²) in [5, 5.41) is 3.24. The molecule has 0 atom stereocenters. The van der Waals surface area contributed by atoms with Crippen molar-refractivity contribution in [2.75, 3.05) is 43.0 Å². The third-order valence-electron chi connectivity index (χ3n) is 3.39. The van der Waals surface area contributed by atoms with E-state index in [9.17, 15) is 4.79 Å². The Morgan fingerprint density at radius 2 is 2.00 bits per heavy atom. The summed E-state index contributed by atoms with van der Waals surface area (Å²) < 4.78 is 5.04. The SMILES string of the molecule is CCOC(=O)N1CCN(c2cc(C)nc(NC(C)C)n2)CC1. The number of aryl methyl sites for hydroxylation is 1. The second-order valence-corrected chi connectivity index (χ2v) is 5.66. The minimum absolute atomic E-state index is 0.233. The summed E-state index contributed by atoms with van der Waals surface area (Å²) in [5.74, 6) is 1.55. The van der Waals surface area contributed by atoms with Crippen molar-refractivity contribution in [3.63, 3.8) is 0 Å². The lowest BCUT2D eigenvalue weighted by molar-refractivity contribution is 0.105. The number of anilines is 2. The number of nitrogens with zero attached hydrogens (tertiary/aromatic N) is 4. The Kier molecular flexibility index (Phi) is 5.41. The average molecular weight is 307 g/mol. The van der Waals surface area contributed by atoms with Crippen molar-refractivity contribution in [1.82, 2.24) is 14.9 Å². The highest BCUT2D eigenvalue weighted by Gasteiger charge is 2.23. The summed E-state index contributed by atoms with van der Waals surface area (Å²) in [7, 11) is 0. The van der Waals surface area contributed by atoms with Crippen molar-refractivity contribution in [2.24, 2.45) is 0 Å². The molecule has 0 aliphatic carbocycles. The molecular weight excluding hydrogens is 282 g/mol. The van der Waals surface area contributed by atoms with Crippen LogP contribution in [0.4, 0.5) is 16.6 Å². The molecule has 122 valence electrons. The first-order valence-corrected chi connectivity index (χ1v) is 7.78. The first kappa shape index (κ1) is 16.3. The Hall–Kier alpha value is -2.05. The van der Waals surface area contributed by atoms with Crippen LogP contribution in [0.15, 0.2) is 6.07 Å². The molecule has 1 aromatic rings. The number of carbonyl (C=O) groups excluding carboxylic acids is 1. The molecule has 0 aromatic carbocycles. The molecule has 7 nitrogen and oxygen atoms in total. The predicted molar refractivity (Wildman–Crippen MR) is 86.3 cm³/mol. The van der Waals surface area contributed by atoms with E-state index >= 15 is 0 Å². The fraction of sp³-hybridized carbons (Fsp3) is 0.667. The summed E-state index contributed by atoms with van der Waals surface area (Å²) in [4.78, 5) is 24.6. The Bertz CT molecular complexity index is 513. The second kappa shape index (κ2) is 7.29. The van der Waals surface area contributed by atoms with Crippen LogP contribution < -0.4 is 10.2 Å². The van der Waals surface area contributed by atoms with Gasteiger partial charge in [-0.3, -0.25) is 0 Å². The molecule has 2 rings (SSSR count). The van der Waals surface area contributed by atoms with Gasteiger partial charge in [0, 0.05) is 44.0 Å². The number of aromatic nitrogens is 2. The quantitative estimate of drug-likeness (QED) is 0.916. The molecule has 0 radical (unpaired) electrons. The first-order chi connectivity index (χ1) is 10.5. The van der Waals surface area contributed by atoms with E-state index in [1.807, 2.05) is 19.9 Å². The van der Waals surface area contributed by atoms with E-state index in [1.165, 1.54) is 0 Å². The summed E-state index contributed by atoms with van der Waals surface area (Å²) in [5.41, 5.74) is 0.931. The van der Waals surface area contributed by atoms with E-state index in [0.29, 0.717) is 25.6 Å². The number of ether oxygens (including phenoxy) is 1. The van der Waals surface area contributed by atoms with Crippen LogP contribution in [-0.4, -0.2) is 59.8 Å². The number of rotatable bonds is 4. The van der Waals surface area contributed by atoms with Crippen molar-refractivity contribution in [3.05, 3.63) is 11.8 Å². The largest absolute Gasteiger partial charge is 0.450 e. The Balaban J connectivity index is 2.01. The lowest BCUT2D eigenvalue weighted by Gasteiger charge is -2.34. The minimum Gasteiger partial charge on any atom is -0.450 e. The predicted octanol–water partition coefficient (Wildman–Crippen LogP) is 1.88. The maximum absolute atomic E-state index is 11.7. The Morgan fingerprint density at radius 1 is 1.32 bits per heavy atom. The summed E-state index contributed by atoms with van der Waals surface area (Å²) in [6, 6.07) is 2.27. The molecule has 1 aliphatic heterocycles. The van der Waals surface area contributed by atoms with Crippen LogP contribution in [0.5, 0.6) is 0 Å². The molecule has 1 aliphatic rings. The van der Waals surface area contributed by atoms with Gasteiger partial charge in [-0.25, -0.2) is 9.78 Å². The topological polar surface area (TPSA) is 70.6 Å². The van der Waals surface area contributed by atoms with Crippen LogP contribution in [0.25, 0.3) is 0 Å². The van der Waals surface area contributed by atoms with Crippen molar-refractivity contribution in [2.45, 2.75) is 33.7 Å². The highest BCUT2D eigenvalue weighted by Crippen LogP contribution is 2.17. The minimum atomic E-state index is -0.233. The monoisotopic (exact) mass is 307 g/mol. The molecule has 22 heavy (non-hydrogen) atoms. The van der Waals surface area contributed by atoms with Crippen LogP contribution in [0.3, 0.4) is 0 Å². The van der Waals surface area contributed by atoms with Gasteiger partial charge in [-0.2, -0.15) is 4.98 Å². The van der Waals surface area contributed by atoms with Gasteiger partial charge in [0.15, 0.2) is 0 Å². The summed E-state index contributed by atoms with van der Waals surface area (Å²) in [6.45, 7) is 11.1. The number of piperazine rings is 1. The molecule has 2 heterocycles. The first-order valence-electron chi connectivity index (χ1n) is 7.78.